The molecule has 0 aliphatic rings. The number of rotatable bonds is 1. The van der Waals surface area contributed by atoms with E-state index in [1.54, 1.807) is 13.8 Å². The predicted molar refractivity (Wildman–Crippen MR) is 61.2 cm³/mol. The molecule has 3 heteroatoms. The Labute approximate surface area is 91.1 Å². The van der Waals surface area contributed by atoms with Crippen molar-refractivity contribution < 1.29 is 5.11 Å². The highest BCUT2D eigenvalue weighted by Crippen LogP contribution is 2.32. The smallest absolute Gasteiger partial charge is 0.0847 e. The van der Waals surface area contributed by atoms with Crippen LogP contribution in [0.1, 0.15) is 19.4 Å². The third-order valence-electron chi connectivity index (χ3n) is 2.32. The van der Waals surface area contributed by atoms with Gasteiger partial charge >= 0.3 is 0 Å². The van der Waals surface area contributed by atoms with Gasteiger partial charge in [0.2, 0.25) is 0 Å². The van der Waals surface area contributed by atoms with Crippen molar-refractivity contribution in [2.45, 2.75) is 19.4 Å². The summed E-state index contributed by atoms with van der Waals surface area (Å²) in [6.07, 6.45) is 1.89. The number of aromatic nitrogens is 1. The second-order valence-electron chi connectivity index (χ2n) is 3.92. The number of hydrogen-bond donors (Lipinski definition) is 2. The van der Waals surface area contributed by atoms with E-state index >= 15 is 0 Å². The molecule has 2 nitrogen and oxygen atoms in total. The minimum absolute atomic E-state index is 0.815. The van der Waals surface area contributed by atoms with Gasteiger partial charge in [0, 0.05) is 21.6 Å². The zero-order valence-corrected chi connectivity index (χ0v) is 9.72. The molecule has 0 fully saturated rings. The molecule has 0 atom stereocenters. The van der Waals surface area contributed by atoms with Gasteiger partial charge < -0.3 is 10.1 Å². The largest absolute Gasteiger partial charge is 0.386 e. The summed E-state index contributed by atoms with van der Waals surface area (Å²) in [5, 5.41) is 11.1. The van der Waals surface area contributed by atoms with Gasteiger partial charge in [0.25, 0.3) is 0 Å². The van der Waals surface area contributed by atoms with Crippen LogP contribution < -0.4 is 0 Å². The van der Waals surface area contributed by atoms with Gasteiger partial charge in [0.1, 0.15) is 0 Å². The van der Waals surface area contributed by atoms with Crippen molar-refractivity contribution in [3.8, 4) is 0 Å². The SMILES string of the molecule is CC(C)(O)c1cccc2[nH]cc(Br)c12. The van der Waals surface area contributed by atoms with E-state index < -0.39 is 5.60 Å². The Morgan fingerprint density at radius 1 is 1.36 bits per heavy atom. The van der Waals surface area contributed by atoms with Crippen LogP contribution in [0.4, 0.5) is 0 Å². The fraction of sp³-hybridized carbons (Fsp3) is 0.273. The summed E-state index contributed by atoms with van der Waals surface area (Å²) in [4.78, 5) is 3.14. The monoisotopic (exact) mass is 253 g/mol. The molecule has 0 spiro atoms. The van der Waals surface area contributed by atoms with Crippen molar-refractivity contribution in [3.05, 3.63) is 34.4 Å². The molecule has 1 aromatic heterocycles. The van der Waals surface area contributed by atoms with Crippen molar-refractivity contribution in [1.82, 2.24) is 4.98 Å². The lowest BCUT2D eigenvalue weighted by atomic mass is 9.95. The maximum atomic E-state index is 10.00. The minimum atomic E-state index is -0.815. The molecule has 2 N–H and O–H groups in total. The van der Waals surface area contributed by atoms with Crippen LogP contribution in [0.3, 0.4) is 0 Å². The van der Waals surface area contributed by atoms with Crippen molar-refractivity contribution in [2.24, 2.45) is 0 Å². The van der Waals surface area contributed by atoms with E-state index in [1.807, 2.05) is 24.4 Å². The Balaban J connectivity index is 2.82. The maximum absolute atomic E-state index is 10.00. The number of benzene rings is 1. The van der Waals surface area contributed by atoms with Crippen molar-refractivity contribution >= 4 is 26.8 Å². The molecule has 14 heavy (non-hydrogen) atoms. The standard InChI is InChI=1S/C11H12BrNO/c1-11(2,14)7-4-3-5-9-10(7)8(12)6-13-9/h3-6,13-14H,1-2H3. The Morgan fingerprint density at radius 2 is 2.07 bits per heavy atom. The Morgan fingerprint density at radius 3 is 2.71 bits per heavy atom. The Hall–Kier alpha value is -0.800. The number of fused-ring (bicyclic) bond motifs is 1. The van der Waals surface area contributed by atoms with Gasteiger partial charge in [0.15, 0.2) is 0 Å². The van der Waals surface area contributed by atoms with E-state index in [1.165, 1.54) is 0 Å². The van der Waals surface area contributed by atoms with Crippen LogP contribution in [0.2, 0.25) is 0 Å². The van der Waals surface area contributed by atoms with Gasteiger partial charge in [-0.2, -0.15) is 0 Å². The third kappa shape index (κ3) is 1.47. The number of aromatic amines is 1. The molecule has 0 unspecified atom stereocenters. The first kappa shape index (κ1) is 9.74. The van der Waals surface area contributed by atoms with E-state index in [2.05, 4.69) is 20.9 Å². The normalized spacial score (nSPS) is 12.3. The topological polar surface area (TPSA) is 36.0 Å². The third-order valence-corrected chi connectivity index (χ3v) is 2.94. The predicted octanol–water partition coefficient (Wildman–Crippen LogP) is 3.16. The number of nitrogens with one attached hydrogen (secondary N) is 1. The second kappa shape index (κ2) is 3.11. The molecule has 1 aromatic carbocycles. The van der Waals surface area contributed by atoms with Gasteiger partial charge in [-0.15, -0.1) is 0 Å². The van der Waals surface area contributed by atoms with Gasteiger partial charge in [-0.05, 0) is 41.4 Å². The van der Waals surface area contributed by atoms with Gasteiger partial charge in [-0.3, -0.25) is 0 Å². The van der Waals surface area contributed by atoms with Crippen LogP contribution in [-0.2, 0) is 5.60 Å². The molecule has 0 saturated heterocycles. The summed E-state index contributed by atoms with van der Waals surface area (Å²) in [5.41, 5.74) is 1.16. The van der Waals surface area contributed by atoms with Crippen molar-refractivity contribution in [2.75, 3.05) is 0 Å². The molecule has 2 rings (SSSR count). The first-order valence-corrected chi connectivity index (χ1v) is 5.28. The van der Waals surface area contributed by atoms with E-state index in [-0.39, 0.29) is 0 Å². The minimum Gasteiger partial charge on any atom is -0.386 e. The van der Waals surface area contributed by atoms with Crippen LogP contribution in [-0.4, -0.2) is 10.1 Å². The van der Waals surface area contributed by atoms with E-state index in [9.17, 15) is 5.11 Å². The summed E-state index contributed by atoms with van der Waals surface area (Å²) in [6, 6.07) is 5.88. The summed E-state index contributed by atoms with van der Waals surface area (Å²) < 4.78 is 0.991. The van der Waals surface area contributed by atoms with Gasteiger partial charge in [-0.1, -0.05) is 12.1 Å². The first-order chi connectivity index (χ1) is 6.50. The lowest BCUT2D eigenvalue weighted by Gasteiger charge is -2.19. The number of H-pyrrole nitrogens is 1. The zero-order chi connectivity index (χ0) is 10.3. The summed E-state index contributed by atoms with van der Waals surface area (Å²) in [5.74, 6) is 0. The summed E-state index contributed by atoms with van der Waals surface area (Å²) in [6.45, 7) is 3.59. The van der Waals surface area contributed by atoms with E-state index in [0.717, 1.165) is 20.9 Å². The van der Waals surface area contributed by atoms with Crippen LogP contribution in [0, 0.1) is 0 Å². The summed E-state index contributed by atoms with van der Waals surface area (Å²) in [7, 11) is 0. The highest BCUT2D eigenvalue weighted by atomic mass is 79.9. The maximum Gasteiger partial charge on any atom is 0.0847 e. The molecule has 1 heterocycles. The van der Waals surface area contributed by atoms with E-state index in [0.29, 0.717) is 0 Å². The molecule has 74 valence electrons. The molecular weight excluding hydrogens is 242 g/mol. The quantitative estimate of drug-likeness (QED) is 0.805. The molecule has 0 bridgehead atoms. The van der Waals surface area contributed by atoms with Gasteiger partial charge in [0.05, 0.1) is 5.60 Å². The second-order valence-corrected chi connectivity index (χ2v) is 4.78. The number of halogens is 1. The fourth-order valence-corrected chi connectivity index (χ4v) is 2.19. The Bertz CT molecular complexity index is 468. The average Bonchev–Trinajstić information content (AvgIpc) is 2.46. The molecular formula is C11H12BrNO. The summed E-state index contributed by atoms with van der Waals surface area (Å²) >= 11 is 3.47. The average molecular weight is 254 g/mol. The molecule has 2 aromatic rings. The number of aliphatic hydroxyl groups is 1. The Kier molecular flexibility index (Phi) is 2.16. The molecule has 0 aliphatic heterocycles. The fourth-order valence-electron chi connectivity index (χ4n) is 1.65. The van der Waals surface area contributed by atoms with Gasteiger partial charge in [-0.25, -0.2) is 0 Å². The molecule has 0 radical (unpaired) electrons. The van der Waals surface area contributed by atoms with Crippen molar-refractivity contribution in [3.63, 3.8) is 0 Å². The molecule has 0 saturated carbocycles. The zero-order valence-electron chi connectivity index (χ0n) is 8.13. The van der Waals surface area contributed by atoms with Crippen LogP contribution in [0.5, 0.6) is 0 Å². The highest BCUT2D eigenvalue weighted by Gasteiger charge is 2.20. The lowest BCUT2D eigenvalue weighted by Crippen LogP contribution is -2.15. The van der Waals surface area contributed by atoms with Crippen LogP contribution in [0.25, 0.3) is 10.9 Å². The lowest BCUT2D eigenvalue weighted by molar-refractivity contribution is 0.0802. The molecule has 0 aliphatic carbocycles. The van der Waals surface area contributed by atoms with Crippen molar-refractivity contribution in [1.29, 1.82) is 0 Å². The van der Waals surface area contributed by atoms with Crippen LogP contribution >= 0.6 is 15.9 Å². The number of hydrogen-bond acceptors (Lipinski definition) is 1. The molecule has 0 amide bonds. The van der Waals surface area contributed by atoms with E-state index in [4.69, 9.17) is 0 Å². The first-order valence-electron chi connectivity index (χ1n) is 4.48. The highest BCUT2D eigenvalue weighted by molar-refractivity contribution is 9.10. The van der Waals surface area contributed by atoms with Crippen LogP contribution in [0.15, 0.2) is 28.9 Å².